The summed E-state index contributed by atoms with van der Waals surface area (Å²) in [5.41, 5.74) is 7.16. The van der Waals surface area contributed by atoms with E-state index >= 15 is 0 Å². The molecule has 5 heteroatoms. The molecule has 2 rings (SSSR count). The Hall–Kier alpha value is -1.62. The lowest BCUT2D eigenvalue weighted by molar-refractivity contribution is 0.311. The molecule has 92 valence electrons. The number of hydrogen-bond donors (Lipinski definition) is 2. The van der Waals surface area contributed by atoms with Crippen LogP contribution >= 0.6 is 0 Å². The van der Waals surface area contributed by atoms with Gasteiger partial charge in [0.25, 0.3) is 0 Å². The minimum absolute atomic E-state index is 0.0698. The lowest BCUT2D eigenvalue weighted by Gasteiger charge is -2.17. The summed E-state index contributed by atoms with van der Waals surface area (Å²) in [5, 5.41) is 11.7. The number of nitrogens with two attached hydrogens (primary N) is 1. The van der Waals surface area contributed by atoms with E-state index in [0.29, 0.717) is 5.69 Å². The van der Waals surface area contributed by atoms with E-state index in [4.69, 9.17) is 10.9 Å². The summed E-state index contributed by atoms with van der Waals surface area (Å²) in [6.07, 6.45) is 4.33. The minimum Gasteiger partial charge on any atom is -0.409 e. The predicted octanol–water partition coefficient (Wildman–Crippen LogP) is 1.02. The molecule has 0 aromatic carbocycles. The molecular formula is C12H18N4O. The fraction of sp³-hybridized carbons (Fsp3) is 0.500. The van der Waals surface area contributed by atoms with Gasteiger partial charge < -0.3 is 15.8 Å². The molecule has 0 amide bonds. The van der Waals surface area contributed by atoms with Crippen LogP contribution in [0.15, 0.2) is 23.5 Å². The van der Waals surface area contributed by atoms with Crippen LogP contribution in [0.25, 0.3) is 0 Å². The van der Waals surface area contributed by atoms with Gasteiger partial charge >= 0.3 is 0 Å². The Morgan fingerprint density at radius 1 is 1.65 bits per heavy atom. The van der Waals surface area contributed by atoms with Crippen LogP contribution in [0.3, 0.4) is 0 Å². The van der Waals surface area contributed by atoms with E-state index in [1.54, 1.807) is 6.20 Å². The number of pyridine rings is 1. The molecule has 0 aliphatic heterocycles. The monoisotopic (exact) mass is 234 g/mol. The number of nitrogens with zero attached hydrogens (tertiary/aromatic N) is 3. The van der Waals surface area contributed by atoms with Crippen molar-refractivity contribution in [1.29, 1.82) is 0 Å². The maximum absolute atomic E-state index is 8.71. The standard InChI is InChI=1S/C12H18N4O/c1-16(7-9-4-5-9)8-10-3-2-6-14-11(10)12(13)15-17/h2-3,6,9,17H,4-5,7-8H2,1H3,(H2,13,15). The highest BCUT2D eigenvalue weighted by atomic mass is 16.4. The molecule has 0 saturated heterocycles. The lowest BCUT2D eigenvalue weighted by Crippen LogP contribution is -2.24. The van der Waals surface area contributed by atoms with Crippen molar-refractivity contribution in [2.45, 2.75) is 19.4 Å². The maximum atomic E-state index is 8.71. The molecule has 1 aromatic heterocycles. The lowest BCUT2D eigenvalue weighted by atomic mass is 10.1. The number of oxime groups is 1. The molecule has 1 heterocycles. The first-order valence-electron chi connectivity index (χ1n) is 5.81. The van der Waals surface area contributed by atoms with Gasteiger partial charge in [-0.15, -0.1) is 0 Å². The molecule has 0 atom stereocenters. The zero-order chi connectivity index (χ0) is 12.3. The summed E-state index contributed by atoms with van der Waals surface area (Å²) in [4.78, 5) is 6.41. The largest absolute Gasteiger partial charge is 0.409 e. The highest BCUT2D eigenvalue weighted by Crippen LogP contribution is 2.29. The van der Waals surface area contributed by atoms with Gasteiger partial charge in [-0.1, -0.05) is 11.2 Å². The smallest absolute Gasteiger partial charge is 0.189 e. The van der Waals surface area contributed by atoms with Crippen molar-refractivity contribution in [1.82, 2.24) is 9.88 Å². The molecule has 0 radical (unpaired) electrons. The number of rotatable bonds is 5. The molecule has 0 spiro atoms. The molecule has 0 unspecified atom stereocenters. The Morgan fingerprint density at radius 2 is 2.41 bits per heavy atom. The van der Waals surface area contributed by atoms with E-state index in [0.717, 1.165) is 24.6 Å². The van der Waals surface area contributed by atoms with Crippen LogP contribution in [-0.4, -0.2) is 34.5 Å². The topological polar surface area (TPSA) is 74.7 Å². The first kappa shape index (κ1) is 11.9. The fourth-order valence-corrected chi connectivity index (χ4v) is 1.94. The fourth-order valence-electron chi connectivity index (χ4n) is 1.94. The van der Waals surface area contributed by atoms with E-state index in [1.807, 2.05) is 12.1 Å². The average molecular weight is 234 g/mol. The average Bonchev–Trinajstić information content (AvgIpc) is 3.12. The summed E-state index contributed by atoms with van der Waals surface area (Å²) in [6.45, 7) is 1.88. The van der Waals surface area contributed by atoms with E-state index < -0.39 is 0 Å². The van der Waals surface area contributed by atoms with Gasteiger partial charge in [-0.2, -0.15) is 0 Å². The van der Waals surface area contributed by atoms with Gasteiger partial charge in [-0.3, -0.25) is 4.98 Å². The van der Waals surface area contributed by atoms with Crippen LogP contribution in [-0.2, 0) is 6.54 Å². The van der Waals surface area contributed by atoms with Crippen LogP contribution < -0.4 is 5.73 Å². The minimum atomic E-state index is 0.0698. The van der Waals surface area contributed by atoms with Crippen LogP contribution in [0.4, 0.5) is 0 Å². The summed E-state index contributed by atoms with van der Waals surface area (Å²) in [5.74, 6) is 0.921. The van der Waals surface area contributed by atoms with Crippen molar-refractivity contribution >= 4 is 5.84 Å². The number of hydrogen-bond acceptors (Lipinski definition) is 4. The second kappa shape index (κ2) is 5.14. The van der Waals surface area contributed by atoms with Crippen molar-refractivity contribution in [3.05, 3.63) is 29.6 Å². The highest BCUT2D eigenvalue weighted by molar-refractivity contribution is 5.96. The number of aromatic nitrogens is 1. The summed E-state index contributed by atoms with van der Waals surface area (Å²) in [6, 6.07) is 3.83. The molecule has 1 aromatic rings. The molecule has 1 fully saturated rings. The zero-order valence-electron chi connectivity index (χ0n) is 10.0. The molecule has 17 heavy (non-hydrogen) atoms. The van der Waals surface area contributed by atoms with E-state index in [2.05, 4.69) is 22.1 Å². The molecule has 1 aliphatic carbocycles. The number of amidine groups is 1. The highest BCUT2D eigenvalue weighted by Gasteiger charge is 2.23. The van der Waals surface area contributed by atoms with Crippen molar-refractivity contribution in [2.75, 3.05) is 13.6 Å². The zero-order valence-corrected chi connectivity index (χ0v) is 10.0. The van der Waals surface area contributed by atoms with Gasteiger partial charge in [0.15, 0.2) is 5.84 Å². The first-order chi connectivity index (χ1) is 8.20. The Bertz CT molecular complexity index is 415. The Kier molecular flexibility index (Phi) is 3.58. The first-order valence-corrected chi connectivity index (χ1v) is 5.81. The van der Waals surface area contributed by atoms with Crippen molar-refractivity contribution < 1.29 is 5.21 Å². The Labute approximate surface area is 101 Å². The molecule has 5 nitrogen and oxygen atoms in total. The SMILES string of the molecule is CN(Cc1cccnc1C(N)=NO)CC1CC1. The van der Waals surface area contributed by atoms with Crippen molar-refractivity contribution in [3.8, 4) is 0 Å². The van der Waals surface area contributed by atoms with E-state index in [-0.39, 0.29) is 5.84 Å². The quantitative estimate of drug-likeness (QED) is 0.345. The summed E-state index contributed by atoms with van der Waals surface area (Å²) >= 11 is 0. The maximum Gasteiger partial charge on any atom is 0.189 e. The van der Waals surface area contributed by atoms with E-state index in [9.17, 15) is 0 Å². The molecule has 1 saturated carbocycles. The van der Waals surface area contributed by atoms with Gasteiger partial charge in [0.1, 0.15) is 5.69 Å². The van der Waals surface area contributed by atoms with Gasteiger partial charge in [-0.05, 0) is 37.4 Å². The van der Waals surface area contributed by atoms with Crippen LogP contribution in [0.1, 0.15) is 24.1 Å². The van der Waals surface area contributed by atoms with Crippen LogP contribution in [0.5, 0.6) is 0 Å². The third kappa shape index (κ3) is 3.17. The van der Waals surface area contributed by atoms with Crippen molar-refractivity contribution in [3.63, 3.8) is 0 Å². The van der Waals surface area contributed by atoms with E-state index in [1.165, 1.54) is 12.8 Å². The van der Waals surface area contributed by atoms with Crippen LogP contribution in [0.2, 0.25) is 0 Å². The van der Waals surface area contributed by atoms with Gasteiger partial charge in [0.05, 0.1) is 0 Å². The molecule has 0 bridgehead atoms. The second-order valence-electron chi connectivity index (χ2n) is 4.64. The summed E-state index contributed by atoms with van der Waals surface area (Å²) < 4.78 is 0. The normalized spacial score (nSPS) is 16.5. The van der Waals surface area contributed by atoms with Gasteiger partial charge in [0, 0.05) is 19.3 Å². The van der Waals surface area contributed by atoms with Gasteiger partial charge in [-0.25, -0.2) is 0 Å². The second-order valence-corrected chi connectivity index (χ2v) is 4.64. The van der Waals surface area contributed by atoms with Crippen molar-refractivity contribution in [2.24, 2.45) is 16.8 Å². The van der Waals surface area contributed by atoms with Crippen LogP contribution in [0, 0.1) is 5.92 Å². The molecule has 3 N–H and O–H groups in total. The van der Waals surface area contributed by atoms with Gasteiger partial charge in [0.2, 0.25) is 0 Å². The summed E-state index contributed by atoms with van der Waals surface area (Å²) in [7, 11) is 2.08. The Morgan fingerprint density at radius 3 is 3.06 bits per heavy atom. The third-order valence-corrected chi connectivity index (χ3v) is 2.95. The molecular weight excluding hydrogens is 216 g/mol. The molecule has 1 aliphatic rings. The Balaban J connectivity index is 2.08. The third-order valence-electron chi connectivity index (χ3n) is 2.95. The predicted molar refractivity (Wildman–Crippen MR) is 65.8 cm³/mol.